The fraction of sp³-hybridized carbons (Fsp3) is 0.273. The number of rotatable bonds is 3. The average molecular weight is 246 g/mol. The second-order valence-electron chi connectivity index (χ2n) is 2.18. The van der Waals surface area contributed by atoms with Crippen LogP contribution in [-0.4, -0.2) is 13.0 Å². The summed E-state index contributed by atoms with van der Waals surface area (Å²) in [6.07, 6.45) is 0. The van der Waals surface area contributed by atoms with Crippen LogP contribution >= 0.6 is 0 Å². The molecule has 92 valence electrons. The van der Waals surface area contributed by atoms with Crippen LogP contribution in [-0.2, 0) is 21.2 Å². The van der Waals surface area contributed by atoms with Crippen LogP contribution in [0.4, 0.5) is 0 Å². The fourth-order valence-electron chi connectivity index (χ4n) is 0.717. The Bertz CT molecular complexity index is 346. The van der Waals surface area contributed by atoms with E-state index in [1.807, 2.05) is 13.8 Å². The van der Waals surface area contributed by atoms with Gasteiger partial charge in [-0.05, 0) is 5.56 Å². The first-order valence-electron chi connectivity index (χ1n) is 4.74. The van der Waals surface area contributed by atoms with Crippen LogP contribution in [0.1, 0.15) is 19.4 Å². The van der Waals surface area contributed by atoms with Gasteiger partial charge in [-0.1, -0.05) is 44.2 Å². The second-order valence-corrected chi connectivity index (χ2v) is 3.27. The molecule has 1 aromatic carbocycles. The quantitative estimate of drug-likeness (QED) is 0.658. The molecule has 0 aromatic heterocycles. The lowest BCUT2D eigenvalue weighted by atomic mass is 10.2. The summed E-state index contributed by atoms with van der Waals surface area (Å²) in [7, 11) is -4.32. The zero-order valence-electron chi connectivity index (χ0n) is 9.59. The van der Waals surface area contributed by atoms with Gasteiger partial charge in [-0.3, -0.25) is 4.55 Å². The van der Waals surface area contributed by atoms with E-state index in [4.69, 9.17) is 4.55 Å². The molecule has 4 nitrogen and oxygen atoms in total. The SMILES string of the molecule is C=C.CC.O=S(=O)(O)OCc1ccccc1. The largest absolute Gasteiger partial charge is 0.397 e. The molecule has 5 heteroatoms. The molecular weight excluding hydrogens is 228 g/mol. The van der Waals surface area contributed by atoms with E-state index in [0.29, 0.717) is 5.56 Å². The van der Waals surface area contributed by atoms with Crippen LogP contribution in [0.2, 0.25) is 0 Å². The van der Waals surface area contributed by atoms with Crippen LogP contribution in [0, 0.1) is 0 Å². The van der Waals surface area contributed by atoms with E-state index in [1.165, 1.54) is 0 Å². The summed E-state index contributed by atoms with van der Waals surface area (Å²) >= 11 is 0. The Labute approximate surface area is 97.5 Å². The number of hydrogen-bond donors (Lipinski definition) is 1. The van der Waals surface area contributed by atoms with Gasteiger partial charge in [-0.25, -0.2) is 4.18 Å². The van der Waals surface area contributed by atoms with E-state index in [-0.39, 0.29) is 6.61 Å². The molecule has 0 atom stereocenters. The summed E-state index contributed by atoms with van der Waals surface area (Å²) in [5.74, 6) is 0. The zero-order chi connectivity index (χ0) is 13.0. The maximum atomic E-state index is 10.1. The molecule has 0 saturated carbocycles. The van der Waals surface area contributed by atoms with Gasteiger partial charge in [0.1, 0.15) is 0 Å². The van der Waals surface area contributed by atoms with Crippen molar-refractivity contribution in [2.24, 2.45) is 0 Å². The molecule has 0 bridgehead atoms. The van der Waals surface area contributed by atoms with Crippen molar-refractivity contribution in [3.8, 4) is 0 Å². The van der Waals surface area contributed by atoms with Crippen LogP contribution in [0.15, 0.2) is 43.5 Å². The van der Waals surface area contributed by atoms with E-state index in [2.05, 4.69) is 17.3 Å². The second kappa shape index (κ2) is 10.4. The Balaban J connectivity index is 0. The van der Waals surface area contributed by atoms with Crippen LogP contribution in [0.25, 0.3) is 0 Å². The summed E-state index contributed by atoms with van der Waals surface area (Å²) in [4.78, 5) is 0. The molecule has 1 aromatic rings. The summed E-state index contributed by atoms with van der Waals surface area (Å²) < 4.78 is 32.6. The van der Waals surface area contributed by atoms with Gasteiger partial charge in [-0.2, -0.15) is 8.42 Å². The highest BCUT2D eigenvalue weighted by Crippen LogP contribution is 2.01. The van der Waals surface area contributed by atoms with Gasteiger partial charge >= 0.3 is 10.4 Å². The highest BCUT2D eigenvalue weighted by atomic mass is 32.3. The predicted octanol–water partition coefficient (Wildman–Crippen LogP) is 2.83. The highest BCUT2D eigenvalue weighted by Gasteiger charge is 2.03. The van der Waals surface area contributed by atoms with Gasteiger partial charge in [0.2, 0.25) is 0 Å². The molecule has 16 heavy (non-hydrogen) atoms. The molecule has 0 aliphatic heterocycles. The third-order valence-electron chi connectivity index (χ3n) is 1.22. The lowest BCUT2D eigenvalue weighted by molar-refractivity contribution is 0.259. The van der Waals surface area contributed by atoms with Gasteiger partial charge in [0, 0.05) is 0 Å². The lowest BCUT2D eigenvalue weighted by Crippen LogP contribution is -2.03. The summed E-state index contributed by atoms with van der Waals surface area (Å²) in [5.41, 5.74) is 0.690. The number of benzene rings is 1. The van der Waals surface area contributed by atoms with Crippen molar-refractivity contribution in [1.29, 1.82) is 0 Å². The Kier molecular flexibility index (Phi) is 11.1. The summed E-state index contributed by atoms with van der Waals surface area (Å²) in [5, 5.41) is 0. The Morgan fingerprint density at radius 2 is 1.62 bits per heavy atom. The molecule has 0 spiro atoms. The van der Waals surface area contributed by atoms with Gasteiger partial charge in [-0.15, -0.1) is 13.2 Å². The molecule has 0 saturated heterocycles. The smallest absolute Gasteiger partial charge is 0.264 e. The maximum Gasteiger partial charge on any atom is 0.397 e. The minimum Gasteiger partial charge on any atom is -0.264 e. The minimum absolute atomic E-state index is 0.139. The van der Waals surface area contributed by atoms with E-state index in [9.17, 15) is 8.42 Å². The Morgan fingerprint density at radius 1 is 1.19 bits per heavy atom. The van der Waals surface area contributed by atoms with Crippen LogP contribution in [0.5, 0.6) is 0 Å². The Hall–Kier alpha value is -1.17. The van der Waals surface area contributed by atoms with Crippen molar-refractivity contribution >= 4 is 10.4 Å². The third-order valence-corrected chi connectivity index (χ3v) is 1.63. The van der Waals surface area contributed by atoms with Crippen molar-refractivity contribution in [1.82, 2.24) is 0 Å². The van der Waals surface area contributed by atoms with E-state index in [1.54, 1.807) is 30.3 Å². The highest BCUT2D eigenvalue weighted by molar-refractivity contribution is 7.80. The molecule has 1 rings (SSSR count). The summed E-state index contributed by atoms with van der Waals surface area (Å²) in [6, 6.07) is 8.71. The van der Waals surface area contributed by atoms with E-state index in [0.717, 1.165) is 0 Å². The van der Waals surface area contributed by atoms with Crippen molar-refractivity contribution in [3.63, 3.8) is 0 Å². The molecule has 0 aliphatic carbocycles. The topological polar surface area (TPSA) is 63.6 Å². The maximum absolute atomic E-state index is 10.1. The Morgan fingerprint density at radius 3 is 2.00 bits per heavy atom. The monoisotopic (exact) mass is 246 g/mol. The van der Waals surface area contributed by atoms with Gasteiger partial charge in [0.25, 0.3) is 0 Å². The number of hydrogen-bond acceptors (Lipinski definition) is 3. The van der Waals surface area contributed by atoms with E-state index < -0.39 is 10.4 Å². The first kappa shape index (κ1) is 17.2. The van der Waals surface area contributed by atoms with E-state index >= 15 is 0 Å². The molecule has 0 unspecified atom stereocenters. The standard InChI is InChI=1S/C7H8O4S.C2H6.C2H4/c8-12(9,10)11-6-7-4-2-1-3-5-7;2*1-2/h1-5H,6H2,(H,8,9,10);1-2H3;1-2H2. The third kappa shape index (κ3) is 10.9. The molecule has 0 amide bonds. The van der Waals surface area contributed by atoms with Crippen molar-refractivity contribution < 1.29 is 17.2 Å². The van der Waals surface area contributed by atoms with Gasteiger partial charge in [0.05, 0.1) is 6.61 Å². The summed E-state index contributed by atoms with van der Waals surface area (Å²) in [6.45, 7) is 9.86. The minimum atomic E-state index is -4.32. The van der Waals surface area contributed by atoms with Crippen LogP contribution < -0.4 is 0 Å². The normalized spacial score (nSPS) is 9.19. The van der Waals surface area contributed by atoms with Crippen LogP contribution in [0.3, 0.4) is 0 Å². The lowest BCUT2D eigenvalue weighted by Gasteiger charge is -1.98. The molecule has 0 fully saturated rings. The molecular formula is C11H18O4S. The van der Waals surface area contributed by atoms with Crippen molar-refractivity contribution in [3.05, 3.63) is 49.1 Å². The molecule has 1 N–H and O–H groups in total. The zero-order valence-corrected chi connectivity index (χ0v) is 10.4. The predicted molar refractivity (Wildman–Crippen MR) is 65.4 cm³/mol. The van der Waals surface area contributed by atoms with Gasteiger partial charge in [0.15, 0.2) is 0 Å². The van der Waals surface area contributed by atoms with Gasteiger partial charge < -0.3 is 0 Å². The fourth-order valence-corrected chi connectivity index (χ4v) is 1.00. The molecule has 0 heterocycles. The average Bonchev–Trinajstić information content (AvgIpc) is 2.32. The molecule has 0 radical (unpaired) electrons. The first-order chi connectivity index (χ1) is 7.58. The van der Waals surface area contributed by atoms with Crippen molar-refractivity contribution in [2.45, 2.75) is 20.5 Å². The first-order valence-corrected chi connectivity index (χ1v) is 6.10. The van der Waals surface area contributed by atoms with Crippen molar-refractivity contribution in [2.75, 3.05) is 0 Å². The molecule has 0 aliphatic rings.